The van der Waals surface area contributed by atoms with Gasteiger partial charge in [0.2, 0.25) is 5.91 Å². The van der Waals surface area contributed by atoms with Crippen LogP contribution >= 0.6 is 0 Å². The van der Waals surface area contributed by atoms with Crippen molar-refractivity contribution in [3.63, 3.8) is 0 Å². The third-order valence-corrected chi connectivity index (χ3v) is 4.13. The number of nitrogens with zero attached hydrogens (tertiary/aromatic N) is 1. The van der Waals surface area contributed by atoms with E-state index in [1.165, 1.54) is 0 Å². The number of carboxylic acids is 1. The average molecular weight is 311 g/mol. The molecular formula is C18H17NO4. The molecule has 5 heteroatoms. The summed E-state index contributed by atoms with van der Waals surface area (Å²) in [7, 11) is 1.57. The lowest BCUT2D eigenvalue weighted by atomic mass is 9.93. The van der Waals surface area contributed by atoms with Crippen LogP contribution in [0, 0.1) is 5.92 Å². The quantitative estimate of drug-likeness (QED) is 0.943. The number of amides is 1. The highest BCUT2D eigenvalue weighted by Gasteiger charge is 2.45. The number of aliphatic carboxylic acids is 1. The number of carbonyl (C=O) groups excluding carboxylic acids is 1. The molecule has 0 aromatic heterocycles. The highest BCUT2D eigenvalue weighted by molar-refractivity contribution is 6.00. The minimum atomic E-state index is -0.955. The largest absolute Gasteiger partial charge is 0.497 e. The second-order valence-electron chi connectivity index (χ2n) is 5.47. The molecule has 5 nitrogen and oxygen atoms in total. The van der Waals surface area contributed by atoms with Crippen molar-refractivity contribution in [3.8, 4) is 5.75 Å². The van der Waals surface area contributed by atoms with Crippen LogP contribution in [0.4, 0.5) is 5.69 Å². The molecule has 0 saturated carbocycles. The van der Waals surface area contributed by atoms with Crippen molar-refractivity contribution in [2.45, 2.75) is 12.5 Å². The maximum absolute atomic E-state index is 12.5. The molecule has 1 amide bonds. The molecule has 0 bridgehead atoms. The van der Waals surface area contributed by atoms with Crippen molar-refractivity contribution in [1.82, 2.24) is 0 Å². The van der Waals surface area contributed by atoms with Crippen LogP contribution in [-0.2, 0) is 9.59 Å². The van der Waals surface area contributed by atoms with Crippen LogP contribution in [0.5, 0.6) is 5.75 Å². The van der Waals surface area contributed by atoms with Crippen molar-refractivity contribution >= 4 is 17.6 Å². The van der Waals surface area contributed by atoms with Gasteiger partial charge in [-0.2, -0.15) is 0 Å². The number of rotatable bonds is 4. The Labute approximate surface area is 134 Å². The summed E-state index contributed by atoms with van der Waals surface area (Å²) < 4.78 is 5.13. The lowest BCUT2D eigenvalue weighted by molar-refractivity contribution is -0.142. The van der Waals surface area contributed by atoms with Gasteiger partial charge in [-0.3, -0.25) is 9.59 Å². The van der Waals surface area contributed by atoms with Gasteiger partial charge in [0.1, 0.15) is 5.75 Å². The van der Waals surface area contributed by atoms with Gasteiger partial charge >= 0.3 is 5.97 Å². The van der Waals surface area contributed by atoms with Crippen LogP contribution in [0.1, 0.15) is 18.0 Å². The van der Waals surface area contributed by atoms with Gasteiger partial charge in [-0.15, -0.1) is 0 Å². The molecule has 118 valence electrons. The fourth-order valence-corrected chi connectivity index (χ4v) is 3.03. The Morgan fingerprint density at radius 1 is 1.13 bits per heavy atom. The molecule has 1 saturated heterocycles. The minimum Gasteiger partial charge on any atom is -0.497 e. The van der Waals surface area contributed by atoms with Gasteiger partial charge in [0, 0.05) is 12.1 Å². The van der Waals surface area contributed by atoms with E-state index in [0.717, 1.165) is 5.56 Å². The molecular weight excluding hydrogens is 294 g/mol. The number of ether oxygens (including phenoxy) is 1. The zero-order valence-electron chi connectivity index (χ0n) is 12.7. The molecule has 2 aromatic carbocycles. The van der Waals surface area contributed by atoms with E-state index < -0.39 is 17.9 Å². The number of carboxylic acid groups (broad SMARTS) is 1. The Kier molecular flexibility index (Phi) is 4.02. The normalized spacial score (nSPS) is 20.6. The summed E-state index contributed by atoms with van der Waals surface area (Å²) in [6, 6.07) is 15.9. The minimum absolute atomic E-state index is 0.000916. The Morgan fingerprint density at radius 2 is 1.78 bits per heavy atom. The van der Waals surface area contributed by atoms with E-state index in [1.807, 2.05) is 30.3 Å². The van der Waals surface area contributed by atoms with E-state index in [-0.39, 0.29) is 12.3 Å². The van der Waals surface area contributed by atoms with Gasteiger partial charge in [0.15, 0.2) is 0 Å². The van der Waals surface area contributed by atoms with E-state index >= 15 is 0 Å². The van der Waals surface area contributed by atoms with Crippen LogP contribution in [0.3, 0.4) is 0 Å². The van der Waals surface area contributed by atoms with Gasteiger partial charge in [-0.1, -0.05) is 30.3 Å². The summed E-state index contributed by atoms with van der Waals surface area (Å²) in [5, 5.41) is 9.51. The lowest BCUT2D eigenvalue weighted by Crippen LogP contribution is -2.30. The second kappa shape index (κ2) is 6.12. The second-order valence-corrected chi connectivity index (χ2v) is 5.47. The number of methoxy groups -OCH3 is 1. The van der Waals surface area contributed by atoms with Gasteiger partial charge in [-0.25, -0.2) is 0 Å². The van der Waals surface area contributed by atoms with Gasteiger partial charge in [-0.05, 0) is 29.8 Å². The first-order chi connectivity index (χ1) is 11.1. The van der Waals surface area contributed by atoms with Crippen LogP contribution in [0.15, 0.2) is 54.6 Å². The number of hydrogen-bond acceptors (Lipinski definition) is 3. The lowest BCUT2D eigenvalue weighted by Gasteiger charge is -2.27. The van der Waals surface area contributed by atoms with Crippen molar-refractivity contribution in [2.75, 3.05) is 12.0 Å². The molecule has 2 atom stereocenters. The molecule has 0 aliphatic carbocycles. The number of hydrogen-bond donors (Lipinski definition) is 1. The van der Waals surface area contributed by atoms with Crippen LogP contribution in [0.2, 0.25) is 0 Å². The molecule has 23 heavy (non-hydrogen) atoms. The van der Waals surface area contributed by atoms with Crippen LogP contribution in [0.25, 0.3) is 0 Å². The Balaban J connectivity index is 2.04. The molecule has 2 aromatic rings. The van der Waals surface area contributed by atoms with E-state index in [1.54, 1.807) is 36.3 Å². The maximum Gasteiger partial charge on any atom is 0.309 e. The Hall–Kier alpha value is -2.82. The molecule has 1 heterocycles. The maximum atomic E-state index is 12.5. The average Bonchev–Trinajstić information content (AvgIpc) is 2.93. The summed E-state index contributed by atoms with van der Waals surface area (Å²) >= 11 is 0. The third kappa shape index (κ3) is 2.77. The highest BCUT2D eigenvalue weighted by atomic mass is 16.5. The Bertz CT molecular complexity index is 712. The molecule has 0 radical (unpaired) electrons. The molecule has 1 N–H and O–H groups in total. The van der Waals surface area contributed by atoms with Crippen molar-refractivity contribution < 1.29 is 19.4 Å². The van der Waals surface area contributed by atoms with E-state index in [2.05, 4.69) is 0 Å². The smallest absolute Gasteiger partial charge is 0.309 e. The fourth-order valence-electron chi connectivity index (χ4n) is 3.03. The van der Waals surface area contributed by atoms with Gasteiger partial charge in [0.05, 0.1) is 19.1 Å². The van der Waals surface area contributed by atoms with E-state index in [4.69, 9.17) is 4.74 Å². The van der Waals surface area contributed by atoms with Crippen molar-refractivity contribution in [1.29, 1.82) is 0 Å². The number of anilines is 1. The SMILES string of the molecule is COc1ccc(N2C(=O)CC(C(=O)O)C2c2ccccc2)cc1. The predicted molar refractivity (Wildman–Crippen MR) is 85.4 cm³/mol. The summed E-state index contributed by atoms with van der Waals surface area (Å²) in [5.74, 6) is -1.21. The monoisotopic (exact) mass is 311 g/mol. The third-order valence-electron chi connectivity index (χ3n) is 4.13. The van der Waals surface area contributed by atoms with Gasteiger partial charge in [0.25, 0.3) is 0 Å². The summed E-state index contributed by atoms with van der Waals surface area (Å²) in [6.07, 6.45) is 0.000916. The summed E-state index contributed by atoms with van der Waals surface area (Å²) in [5.41, 5.74) is 1.50. The van der Waals surface area contributed by atoms with Crippen LogP contribution < -0.4 is 9.64 Å². The highest BCUT2D eigenvalue weighted by Crippen LogP contribution is 2.41. The molecule has 1 aliphatic heterocycles. The number of benzene rings is 2. The first kappa shape index (κ1) is 15.1. The predicted octanol–water partition coefficient (Wildman–Crippen LogP) is 2.87. The zero-order valence-corrected chi connectivity index (χ0v) is 12.7. The first-order valence-electron chi connectivity index (χ1n) is 7.35. The summed E-state index contributed by atoms with van der Waals surface area (Å²) in [4.78, 5) is 25.6. The topological polar surface area (TPSA) is 66.8 Å². The van der Waals surface area contributed by atoms with Crippen LogP contribution in [-0.4, -0.2) is 24.1 Å². The molecule has 1 fully saturated rings. The van der Waals surface area contributed by atoms with Crippen molar-refractivity contribution in [2.24, 2.45) is 5.92 Å². The first-order valence-corrected chi connectivity index (χ1v) is 7.35. The Morgan fingerprint density at radius 3 is 2.35 bits per heavy atom. The molecule has 3 rings (SSSR count). The van der Waals surface area contributed by atoms with Gasteiger partial charge < -0.3 is 14.7 Å². The molecule has 1 aliphatic rings. The number of carbonyl (C=O) groups is 2. The molecule has 0 spiro atoms. The zero-order chi connectivity index (χ0) is 16.4. The van der Waals surface area contributed by atoms with E-state index in [9.17, 15) is 14.7 Å². The summed E-state index contributed by atoms with van der Waals surface area (Å²) in [6.45, 7) is 0. The van der Waals surface area contributed by atoms with Crippen molar-refractivity contribution in [3.05, 3.63) is 60.2 Å². The fraction of sp³-hybridized carbons (Fsp3) is 0.222. The molecule has 2 unspecified atom stereocenters. The standard InChI is InChI=1S/C18H17NO4/c1-23-14-9-7-13(8-10-14)19-16(20)11-15(18(21)22)17(19)12-5-3-2-4-6-12/h2-10,15,17H,11H2,1H3,(H,21,22). The van der Waals surface area contributed by atoms with E-state index in [0.29, 0.717) is 11.4 Å².